The van der Waals surface area contributed by atoms with E-state index in [0.29, 0.717) is 6.04 Å². The monoisotopic (exact) mass is 260 g/mol. The molecule has 0 aliphatic carbocycles. The number of hydrogen-bond acceptors (Lipinski definition) is 3. The molecule has 0 bridgehead atoms. The largest absolute Gasteiger partial charge is 0.312 e. The minimum atomic E-state index is -0.620. The Morgan fingerprint density at radius 3 is 2.88 bits per heavy atom. The highest BCUT2D eigenvalue weighted by Crippen LogP contribution is 2.12. The molecule has 1 heterocycles. The van der Waals surface area contributed by atoms with Crippen molar-refractivity contribution < 1.29 is 4.21 Å². The second-order valence-electron chi connectivity index (χ2n) is 5.03. The van der Waals surface area contributed by atoms with Crippen LogP contribution < -0.4 is 5.32 Å². The molecule has 1 fully saturated rings. The van der Waals surface area contributed by atoms with Gasteiger partial charge in [-0.05, 0) is 25.4 Å². The van der Waals surface area contributed by atoms with Gasteiger partial charge in [0, 0.05) is 41.4 Å². The van der Waals surface area contributed by atoms with Crippen molar-refractivity contribution in [3.63, 3.8) is 0 Å². The first-order valence-corrected chi connectivity index (χ1v) is 8.46. The second kappa shape index (κ2) is 8.22. The summed E-state index contributed by atoms with van der Waals surface area (Å²) in [6, 6.07) is 0.609. The molecule has 102 valence electrons. The fraction of sp³-hybridized carbons (Fsp3) is 1.00. The summed E-state index contributed by atoms with van der Waals surface area (Å²) in [5, 5.41) is 3.65. The van der Waals surface area contributed by atoms with E-state index >= 15 is 0 Å². The van der Waals surface area contributed by atoms with Gasteiger partial charge in [-0.25, -0.2) is 0 Å². The van der Waals surface area contributed by atoms with Crippen LogP contribution in [0.1, 0.15) is 33.6 Å². The van der Waals surface area contributed by atoms with Gasteiger partial charge in [0.2, 0.25) is 0 Å². The van der Waals surface area contributed by atoms with Crippen molar-refractivity contribution in [2.24, 2.45) is 5.92 Å². The molecule has 0 spiro atoms. The van der Waals surface area contributed by atoms with E-state index in [1.54, 1.807) is 0 Å². The van der Waals surface area contributed by atoms with Gasteiger partial charge in [0.25, 0.3) is 0 Å². The molecule has 17 heavy (non-hydrogen) atoms. The molecule has 1 aliphatic rings. The van der Waals surface area contributed by atoms with Crippen molar-refractivity contribution in [1.82, 2.24) is 10.2 Å². The molecule has 3 nitrogen and oxygen atoms in total. The molecule has 0 aromatic carbocycles. The van der Waals surface area contributed by atoms with Gasteiger partial charge >= 0.3 is 0 Å². The van der Waals surface area contributed by atoms with E-state index in [2.05, 4.69) is 24.1 Å². The van der Waals surface area contributed by atoms with Crippen molar-refractivity contribution in [2.45, 2.75) is 39.7 Å². The Labute approximate surface area is 109 Å². The molecule has 0 aromatic heterocycles. The number of nitrogens with one attached hydrogen (secondary N) is 1. The summed E-state index contributed by atoms with van der Waals surface area (Å²) in [6.07, 6.45) is 2.44. The molecular weight excluding hydrogens is 232 g/mol. The quantitative estimate of drug-likeness (QED) is 0.785. The van der Waals surface area contributed by atoms with Gasteiger partial charge < -0.3 is 10.2 Å². The Morgan fingerprint density at radius 1 is 1.47 bits per heavy atom. The van der Waals surface area contributed by atoms with Gasteiger partial charge in [-0.15, -0.1) is 0 Å². The van der Waals surface area contributed by atoms with Gasteiger partial charge in [0.05, 0.1) is 0 Å². The Balaban J connectivity index is 2.40. The summed E-state index contributed by atoms with van der Waals surface area (Å²) in [5.41, 5.74) is 0. The maximum atomic E-state index is 11.5. The molecule has 1 aliphatic heterocycles. The van der Waals surface area contributed by atoms with E-state index in [9.17, 15) is 4.21 Å². The summed E-state index contributed by atoms with van der Waals surface area (Å²) < 4.78 is 11.5. The predicted octanol–water partition coefficient (Wildman–Crippen LogP) is 1.46. The summed E-state index contributed by atoms with van der Waals surface area (Å²) >= 11 is 0. The average Bonchev–Trinajstić information content (AvgIpc) is 2.60. The van der Waals surface area contributed by atoms with Gasteiger partial charge in [0.1, 0.15) is 0 Å². The van der Waals surface area contributed by atoms with Crippen molar-refractivity contribution in [3.05, 3.63) is 0 Å². The number of nitrogens with zero attached hydrogens (tertiary/aromatic N) is 1. The third kappa shape index (κ3) is 5.49. The van der Waals surface area contributed by atoms with Crippen LogP contribution in [0.3, 0.4) is 0 Å². The first kappa shape index (κ1) is 15.1. The van der Waals surface area contributed by atoms with Crippen molar-refractivity contribution in [3.8, 4) is 0 Å². The zero-order valence-corrected chi connectivity index (χ0v) is 12.4. The highest BCUT2D eigenvalue weighted by Gasteiger charge is 2.21. The topological polar surface area (TPSA) is 32.3 Å². The summed E-state index contributed by atoms with van der Waals surface area (Å²) in [5.74, 6) is 2.36. The molecule has 0 saturated carbocycles. The Bertz CT molecular complexity index is 235. The number of rotatable bonds is 6. The highest BCUT2D eigenvalue weighted by atomic mass is 32.2. The highest BCUT2D eigenvalue weighted by molar-refractivity contribution is 7.84. The Hall–Kier alpha value is 0.0700. The van der Waals surface area contributed by atoms with Crippen LogP contribution in [-0.2, 0) is 10.8 Å². The van der Waals surface area contributed by atoms with Crippen molar-refractivity contribution in [2.75, 3.05) is 37.7 Å². The zero-order chi connectivity index (χ0) is 12.7. The van der Waals surface area contributed by atoms with Crippen LogP contribution in [0.25, 0.3) is 0 Å². The van der Waals surface area contributed by atoms with E-state index in [1.807, 2.05) is 6.92 Å². The molecule has 1 saturated heterocycles. The number of hydrogen-bond donors (Lipinski definition) is 1. The molecule has 4 heteroatoms. The fourth-order valence-corrected chi connectivity index (χ4v) is 3.02. The van der Waals surface area contributed by atoms with Crippen LogP contribution in [0.15, 0.2) is 0 Å². The second-order valence-corrected chi connectivity index (χ2v) is 6.90. The maximum Gasteiger partial charge on any atom is 0.0362 e. The fourth-order valence-electron chi connectivity index (χ4n) is 2.27. The smallest absolute Gasteiger partial charge is 0.0362 e. The van der Waals surface area contributed by atoms with E-state index in [-0.39, 0.29) is 0 Å². The molecule has 1 rings (SSSR count). The Kier molecular flexibility index (Phi) is 7.32. The molecule has 1 N–H and O–H groups in total. The van der Waals surface area contributed by atoms with Crippen LogP contribution in [0.5, 0.6) is 0 Å². The maximum absolute atomic E-state index is 11.5. The first-order chi connectivity index (χ1) is 8.17. The molecule has 0 amide bonds. The average molecular weight is 260 g/mol. The lowest BCUT2D eigenvalue weighted by Gasteiger charge is -2.27. The standard InChI is InChI=1S/C13H28N2OS/c1-4-12(3)13-11-15(8-6-7-14-13)9-10-17(16)5-2/h12-14H,4-11H2,1-3H3. The van der Waals surface area contributed by atoms with Gasteiger partial charge in [0.15, 0.2) is 0 Å². The van der Waals surface area contributed by atoms with Gasteiger partial charge in [-0.2, -0.15) is 0 Å². The lowest BCUT2D eigenvalue weighted by molar-refractivity contribution is 0.249. The zero-order valence-electron chi connectivity index (χ0n) is 11.6. The molecule has 0 aromatic rings. The molecule has 3 atom stereocenters. The van der Waals surface area contributed by atoms with Crippen LogP contribution in [0.2, 0.25) is 0 Å². The van der Waals surface area contributed by atoms with E-state index < -0.39 is 10.8 Å². The van der Waals surface area contributed by atoms with Crippen LogP contribution in [-0.4, -0.2) is 52.8 Å². The minimum Gasteiger partial charge on any atom is -0.312 e. The third-order valence-electron chi connectivity index (χ3n) is 3.80. The lowest BCUT2D eigenvalue weighted by atomic mass is 9.99. The lowest BCUT2D eigenvalue weighted by Crippen LogP contribution is -2.42. The molecular formula is C13H28N2OS. The van der Waals surface area contributed by atoms with Crippen LogP contribution in [0.4, 0.5) is 0 Å². The molecule has 0 radical (unpaired) electrons. The Morgan fingerprint density at radius 2 is 2.24 bits per heavy atom. The van der Waals surface area contributed by atoms with E-state index in [1.165, 1.54) is 12.8 Å². The van der Waals surface area contributed by atoms with Gasteiger partial charge in [-0.1, -0.05) is 27.2 Å². The van der Waals surface area contributed by atoms with E-state index in [0.717, 1.165) is 43.6 Å². The summed E-state index contributed by atoms with van der Waals surface area (Å²) in [7, 11) is -0.620. The SMILES string of the molecule is CCC(C)C1CN(CCS(=O)CC)CCCN1. The van der Waals surface area contributed by atoms with Gasteiger partial charge in [-0.3, -0.25) is 4.21 Å². The van der Waals surface area contributed by atoms with Crippen molar-refractivity contribution in [1.29, 1.82) is 0 Å². The molecule has 3 unspecified atom stereocenters. The third-order valence-corrected chi connectivity index (χ3v) is 5.08. The van der Waals surface area contributed by atoms with Crippen LogP contribution >= 0.6 is 0 Å². The van der Waals surface area contributed by atoms with Crippen LogP contribution in [0, 0.1) is 5.92 Å². The summed E-state index contributed by atoms with van der Waals surface area (Å²) in [6.45, 7) is 11.0. The normalized spacial score (nSPS) is 26.4. The van der Waals surface area contributed by atoms with Crippen molar-refractivity contribution >= 4 is 10.8 Å². The minimum absolute atomic E-state index is 0.609. The predicted molar refractivity (Wildman–Crippen MR) is 75.9 cm³/mol. The summed E-state index contributed by atoms with van der Waals surface area (Å²) in [4.78, 5) is 2.49. The van der Waals surface area contributed by atoms with E-state index in [4.69, 9.17) is 0 Å². The first-order valence-electron chi connectivity index (χ1n) is 6.98.